The maximum absolute atomic E-state index is 10.9. The lowest BCUT2D eigenvalue weighted by Crippen LogP contribution is -2.44. The average Bonchev–Trinajstić information content (AvgIpc) is 2.45. The lowest BCUT2D eigenvalue weighted by atomic mass is 9.92. The van der Waals surface area contributed by atoms with Gasteiger partial charge in [-0.05, 0) is 18.4 Å². The summed E-state index contributed by atoms with van der Waals surface area (Å²) in [5.41, 5.74) is -0.597. The number of hydrogen-bond donors (Lipinski definition) is 1. The molecule has 0 radical (unpaired) electrons. The molecule has 3 heteroatoms. The Morgan fingerprint density at radius 1 is 1.46 bits per heavy atom. The third-order valence-electron chi connectivity index (χ3n) is 2.20. The van der Waals surface area contributed by atoms with Gasteiger partial charge in [-0.15, -0.1) is 0 Å². The normalized spacial score (nSPS) is 34.1. The average molecular weight is 177 g/mol. The van der Waals surface area contributed by atoms with Crippen LogP contribution in [0.3, 0.4) is 0 Å². The maximum Gasteiger partial charge on any atom is 0.303 e. The highest BCUT2D eigenvalue weighted by Gasteiger charge is 2.39. The molecule has 13 heavy (non-hydrogen) atoms. The van der Waals surface area contributed by atoms with Gasteiger partial charge in [0.05, 0.1) is 6.04 Å². The Morgan fingerprint density at radius 2 is 2.31 bits per heavy atom. The zero-order valence-electron chi connectivity index (χ0n) is 7.36. The molecule has 0 spiro atoms. The van der Waals surface area contributed by atoms with Crippen LogP contribution in [0.25, 0.3) is 0 Å². The van der Waals surface area contributed by atoms with Crippen LogP contribution >= 0.6 is 0 Å². The maximum atomic E-state index is 10.9. The summed E-state index contributed by atoms with van der Waals surface area (Å²) in [6, 6.07) is 0.0430. The summed E-state index contributed by atoms with van der Waals surface area (Å²) in [6.45, 7) is 1.42. The van der Waals surface area contributed by atoms with Gasteiger partial charge in [-0.3, -0.25) is 4.79 Å². The topological polar surface area (TPSA) is 38.3 Å². The fraction of sp³-hybridized carbons (Fsp3) is 0.300. The second-order valence-corrected chi connectivity index (χ2v) is 3.17. The Bertz CT molecular complexity index is 317. The highest BCUT2D eigenvalue weighted by atomic mass is 16.6. The van der Waals surface area contributed by atoms with Crippen LogP contribution in [0.15, 0.2) is 36.6 Å². The second kappa shape index (κ2) is 2.76. The summed E-state index contributed by atoms with van der Waals surface area (Å²) in [4.78, 5) is 10.9. The van der Waals surface area contributed by atoms with Gasteiger partial charge in [0, 0.05) is 6.92 Å². The molecular weight excluding hydrogens is 166 g/mol. The number of nitrogens with one attached hydrogen (secondary N) is 1. The van der Waals surface area contributed by atoms with Crippen molar-refractivity contribution in [3.8, 4) is 0 Å². The molecule has 0 aromatic heterocycles. The van der Waals surface area contributed by atoms with Crippen LogP contribution in [0, 0.1) is 0 Å². The largest absolute Gasteiger partial charge is 0.448 e. The molecule has 0 bridgehead atoms. The zero-order valence-corrected chi connectivity index (χ0v) is 7.36. The molecule has 2 rings (SSSR count). The van der Waals surface area contributed by atoms with Crippen LogP contribution in [0.1, 0.15) is 6.92 Å². The second-order valence-electron chi connectivity index (χ2n) is 3.17. The molecule has 0 aromatic carbocycles. The summed E-state index contributed by atoms with van der Waals surface area (Å²) in [7, 11) is 0. The van der Waals surface area contributed by atoms with Crippen molar-refractivity contribution in [2.24, 2.45) is 0 Å². The van der Waals surface area contributed by atoms with Gasteiger partial charge in [-0.1, -0.05) is 18.2 Å². The smallest absolute Gasteiger partial charge is 0.303 e. The fourth-order valence-corrected chi connectivity index (χ4v) is 1.64. The number of hydrogen-bond acceptors (Lipinski definition) is 3. The van der Waals surface area contributed by atoms with Gasteiger partial charge in [-0.25, -0.2) is 0 Å². The molecule has 1 N–H and O–H groups in total. The molecule has 0 saturated carbocycles. The van der Waals surface area contributed by atoms with Crippen LogP contribution < -0.4 is 5.32 Å². The van der Waals surface area contributed by atoms with E-state index in [-0.39, 0.29) is 12.0 Å². The van der Waals surface area contributed by atoms with Crippen molar-refractivity contribution in [1.29, 1.82) is 0 Å². The SMILES string of the molecule is CC(=O)OC12C=CC=CC1NC=C2. The van der Waals surface area contributed by atoms with E-state index in [1.54, 1.807) is 0 Å². The van der Waals surface area contributed by atoms with Crippen LogP contribution in [-0.4, -0.2) is 17.6 Å². The van der Waals surface area contributed by atoms with Crippen molar-refractivity contribution in [3.63, 3.8) is 0 Å². The van der Waals surface area contributed by atoms with E-state index in [1.807, 2.05) is 36.6 Å². The monoisotopic (exact) mass is 177 g/mol. The fourth-order valence-electron chi connectivity index (χ4n) is 1.64. The molecule has 68 valence electrons. The van der Waals surface area contributed by atoms with E-state index in [1.165, 1.54) is 6.92 Å². The van der Waals surface area contributed by atoms with Gasteiger partial charge in [0.15, 0.2) is 5.60 Å². The first kappa shape index (κ1) is 8.10. The van der Waals surface area contributed by atoms with E-state index in [4.69, 9.17) is 4.74 Å². The number of carbonyl (C=O) groups excluding carboxylic acids is 1. The van der Waals surface area contributed by atoms with Crippen molar-refractivity contribution in [2.45, 2.75) is 18.6 Å². The molecule has 2 aliphatic rings. The lowest BCUT2D eigenvalue weighted by Gasteiger charge is -2.30. The first-order chi connectivity index (χ1) is 6.23. The van der Waals surface area contributed by atoms with Crippen LogP contribution in [0.5, 0.6) is 0 Å². The highest BCUT2D eigenvalue weighted by molar-refractivity contribution is 5.68. The Kier molecular flexibility index (Phi) is 1.72. The molecule has 2 atom stereocenters. The van der Waals surface area contributed by atoms with E-state index in [2.05, 4.69) is 5.32 Å². The summed E-state index contributed by atoms with van der Waals surface area (Å²) in [5, 5.41) is 3.11. The van der Waals surface area contributed by atoms with Gasteiger partial charge < -0.3 is 10.1 Å². The van der Waals surface area contributed by atoms with Gasteiger partial charge in [-0.2, -0.15) is 0 Å². The Morgan fingerprint density at radius 3 is 3.08 bits per heavy atom. The summed E-state index contributed by atoms with van der Waals surface area (Å²) in [6.07, 6.45) is 11.4. The van der Waals surface area contributed by atoms with Crippen molar-refractivity contribution in [3.05, 3.63) is 36.6 Å². The molecule has 0 saturated heterocycles. The summed E-state index contributed by atoms with van der Waals surface area (Å²) in [5.74, 6) is -0.265. The van der Waals surface area contributed by atoms with Gasteiger partial charge in [0.2, 0.25) is 0 Å². The molecule has 0 aromatic rings. The number of carbonyl (C=O) groups is 1. The van der Waals surface area contributed by atoms with Crippen molar-refractivity contribution < 1.29 is 9.53 Å². The molecule has 0 fully saturated rings. The molecule has 1 heterocycles. The molecular formula is C10H11NO2. The minimum atomic E-state index is -0.597. The molecule has 2 unspecified atom stereocenters. The van der Waals surface area contributed by atoms with E-state index in [9.17, 15) is 4.79 Å². The minimum Gasteiger partial charge on any atom is -0.448 e. The number of ether oxygens (including phenoxy) is 1. The standard InChI is InChI=1S/C10H11NO2/c1-8(12)13-10-5-3-2-4-9(10)11-7-6-10/h2-7,9,11H,1H3. The van der Waals surface area contributed by atoms with Crippen LogP contribution in [0.4, 0.5) is 0 Å². The minimum absolute atomic E-state index is 0.0430. The zero-order chi connectivity index (χ0) is 9.31. The van der Waals surface area contributed by atoms with Gasteiger partial charge in [0.1, 0.15) is 0 Å². The first-order valence-corrected chi connectivity index (χ1v) is 4.22. The first-order valence-electron chi connectivity index (χ1n) is 4.22. The lowest BCUT2D eigenvalue weighted by molar-refractivity contribution is -0.149. The van der Waals surface area contributed by atoms with Crippen molar-refractivity contribution in [1.82, 2.24) is 5.32 Å². The van der Waals surface area contributed by atoms with Gasteiger partial charge >= 0.3 is 5.97 Å². The molecule has 1 aliphatic carbocycles. The van der Waals surface area contributed by atoms with E-state index in [0.29, 0.717) is 0 Å². The van der Waals surface area contributed by atoms with Crippen LogP contribution in [-0.2, 0) is 9.53 Å². The Hall–Kier alpha value is -1.51. The predicted octanol–water partition coefficient (Wildman–Crippen LogP) is 0.900. The highest BCUT2D eigenvalue weighted by Crippen LogP contribution is 2.28. The van der Waals surface area contributed by atoms with E-state index < -0.39 is 5.60 Å². The molecule has 3 nitrogen and oxygen atoms in total. The third-order valence-corrected chi connectivity index (χ3v) is 2.20. The Labute approximate surface area is 76.8 Å². The molecule has 0 amide bonds. The third kappa shape index (κ3) is 1.26. The van der Waals surface area contributed by atoms with Crippen molar-refractivity contribution in [2.75, 3.05) is 0 Å². The van der Waals surface area contributed by atoms with Crippen molar-refractivity contribution >= 4 is 5.97 Å². The number of esters is 1. The summed E-state index contributed by atoms with van der Waals surface area (Å²) >= 11 is 0. The number of rotatable bonds is 1. The molecule has 1 aliphatic heterocycles. The number of fused-ring (bicyclic) bond motifs is 1. The Balaban J connectivity index is 2.27. The predicted molar refractivity (Wildman–Crippen MR) is 48.8 cm³/mol. The van der Waals surface area contributed by atoms with Gasteiger partial charge in [0.25, 0.3) is 0 Å². The summed E-state index contributed by atoms with van der Waals surface area (Å²) < 4.78 is 5.28. The quantitative estimate of drug-likeness (QED) is 0.605. The van der Waals surface area contributed by atoms with E-state index >= 15 is 0 Å². The van der Waals surface area contributed by atoms with E-state index in [0.717, 1.165) is 0 Å². The van der Waals surface area contributed by atoms with Crippen LogP contribution in [0.2, 0.25) is 0 Å². The number of allylic oxidation sites excluding steroid dienone is 2.